The molecule has 1 heterocycles. The van der Waals surface area contributed by atoms with Crippen molar-refractivity contribution in [2.24, 2.45) is 0 Å². The number of anilines is 1. The van der Waals surface area contributed by atoms with E-state index in [-0.39, 0.29) is 0 Å². The number of methoxy groups -OCH3 is 1. The van der Waals surface area contributed by atoms with Crippen LogP contribution >= 0.6 is 0 Å². The van der Waals surface area contributed by atoms with Crippen LogP contribution in [-0.2, 0) is 14.6 Å². The van der Waals surface area contributed by atoms with Gasteiger partial charge >= 0.3 is 0 Å². The molecule has 0 bridgehead atoms. The maximum absolute atomic E-state index is 11.6. The second-order valence-electron chi connectivity index (χ2n) is 3.55. The van der Waals surface area contributed by atoms with Crippen molar-refractivity contribution < 1.29 is 17.9 Å². The number of nitrogens with one attached hydrogen (secondary N) is 1. The summed E-state index contributed by atoms with van der Waals surface area (Å²) in [6.07, 6.45) is 2.41. The molecule has 0 aliphatic heterocycles. The van der Waals surface area contributed by atoms with E-state index in [4.69, 9.17) is 4.74 Å². The number of hydrogen-bond acceptors (Lipinski definition) is 5. The van der Waals surface area contributed by atoms with Gasteiger partial charge in [-0.2, -0.15) is 0 Å². The van der Waals surface area contributed by atoms with Crippen LogP contribution in [0.4, 0.5) is 5.69 Å². The summed E-state index contributed by atoms with van der Waals surface area (Å²) < 4.78 is 27.2. The summed E-state index contributed by atoms with van der Waals surface area (Å²) in [5.74, 6) is -0.168. The van der Waals surface area contributed by atoms with Gasteiger partial charge in [-0.25, -0.2) is 13.4 Å². The van der Waals surface area contributed by atoms with Gasteiger partial charge in [0.05, 0.1) is 19.0 Å². The van der Waals surface area contributed by atoms with Crippen molar-refractivity contribution in [2.75, 3.05) is 18.7 Å². The van der Waals surface area contributed by atoms with Crippen LogP contribution in [-0.4, -0.2) is 37.9 Å². The molecule has 17 heavy (non-hydrogen) atoms. The van der Waals surface area contributed by atoms with Crippen LogP contribution in [0, 0.1) is 0 Å². The first-order chi connectivity index (χ1) is 7.84. The second kappa shape index (κ2) is 5.13. The van der Waals surface area contributed by atoms with E-state index in [0.29, 0.717) is 11.6 Å². The van der Waals surface area contributed by atoms with E-state index in [0.717, 1.165) is 6.26 Å². The van der Waals surface area contributed by atoms with Gasteiger partial charge in [0.15, 0.2) is 9.84 Å². The fourth-order valence-corrected chi connectivity index (χ4v) is 1.46. The molecule has 1 aromatic heterocycles. The van der Waals surface area contributed by atoms with Gasteiger partial charge in [0.1, 0.15) is 5.25 Å². The number of pyridine rings is 1. The molecule has 1 N–H and O–H groups in total. The number of carbonyl (C=O) groups is 1. The smallest absolute Gasteiger partial charge is 0.242 e. The van der Waals surface area contributed by atoms with Crippen LogP contribution in [0.2, 0.25) is 0 Å². The van der Waals surface area contributed by atoms with Gasteiger partial charge in [0.25, 0.3) is 0 Å². The van der Waals surface area contributed by atoms with Gasteiger partial charge in [0.2, 0.25) is 11.8 Å². The molecule has 0 aromatic carbocycles. The third-order valence-electron chi connectivity index (χ3n) is 2.22. The molecule has 0 radical (unpaired) electrons. The van der Waals surface area contributed by atoms with Crippen LogP contribution in [0.25, 0.3) is 0 Å². The summed E-state index contributed by atoms with van der Waals surface area (Å²) in [5.41, 5.74) is 0.423. The number of ether oxygens (including phenoxy) is 1. The molecule has 1 unspecified atom stereocenters. The minimum atomic E-state index is -3.39. The fourth-order valence-electron chi connectivity index (χ4n) is 1.01. The highest BCUT2D eigenvalue weighted by molar-refractivity contribution is 7.92. The molecule has 1 aromatic rings. The summed E-state index contributed by atoms with van der Waals surface area (Å²) >= 11 is 0. The van der Waals surface area contributed by atoms with Crippen molar-refractivity contribution in [2.45, 2.75) is 12.2 Å². The maximum atomic E-state index is 11.6. The third kappa shape index (κ3) is 3.70. The van der Waals surface area contributed by atoms with Gasteiger partial charge < -0.3 is 10.1 Å². The Labute approximate surface area is 99.9 Å². The largest absolute Gasteiger partial charge is 0.481 e. The predicted molar refractivity (Wildman–Crippen MR) is 63.7 cm³/mol. The topological polar surface area (TPSA) is 85.4 Å². The van der Waals surface area contributed by atoms with E-state index in [9.17, 15) is 13.2 Å². The van der Waals surface area contributed by atoms with Crippen LogP contribution in [0.5, 0.6) is 5.88 Å². The Morgan fingerprint density at radius 1 is 1.47 bits per heavy atom. The van der Waals surface area contributed by atoms with Gasteiger partial charge in [0, 0.05) is 12.3 Å². The van der Waals surface area contributed by atoms with Crippen molar-refractivity contribution >= 4 is 21.4 Å². The van der Waals surface area contributed by atoms with Crippen molar-refractivity contribution in [3.63, 3.8) is 0 Å². The summed E-state index contributed by atoms with van der Waals surface area (Å²) in [4.78, 5) is 15.4. The lowest BCUT2D eigenvalue weighted by atomic mass is 10.3. The van der Waals surface area contributed by atoms with Gasteiger partial charge in [-0.15, -0.1) is 0 Å². The summed E-state index contributed by atoms with van der Waals surface area (Å²) in [6, 6.07) is 3.15. The first-order valence-electron chi connectivity index (χ1n) is 4.84. The van der Waals surface area contributed by atoms with Crippen molar-refractivity contribution in [3.8, 4) is 5.88 Å². The lowest BCUT2D eigenvalue weighted by molar-refractivity contribution is -0.115. The lowest BCUT2D eigenvalue weighted by Gasteiger charge is -2.10. The molecular formula is C10H14N2O4S. The highest BCUT2D eigenvalue weighted by Crippen LogP contribution is 2.12. The number of rotatable bonds is 4. The predicted octanol–water partition coefficient (Wildman–Crippen LogP) is 0.462. The fraction of sp³-hybridized carbons (Fsp3) is 0.400. The zero-order valence-corrected chi connectivity index (χ0v) is 10.6. The molecule has 7 heteroatoms. The Morgan fingerprint density at radius 3 is 2.53 bits per heavy atom. The van der Waals surface area contributed by atoms with Crippen LogP contribution < -0.4 is 10.1 Å². The number of carbonyl (C=O) groups excluding carboxylic acids is 1. The van der Waals surface area contributed by atoms with E-state index in [1.54, 1.807) is 12.1 Å². The zero-order valence-electron chi connectivity index (χ0n) is 9.80. The number of sulfone groups is 1. The van der Waals surface area contributed by atoms with Gasteiger partial charge in [-0.1, -0.05) is 0 Å². The first kappa shape index (κ1) is 13.4. The SMILES string of the molecule is COc1ccc(NC(=O)C(C)S(C)(=O)=O)cn1. The van der Waals surface area contributed by atoms with Gasteiger partial charge in [-0.05, 0) is 13.0 Å². The Hall–Kier alpha value is -1.63. The molecular weight excluding hydrogens is 244 g/mol. The molecule has 0 spiro atoms. The molecule has 94 valence electrons. The number of amides is 1. The molecule has 0 saturated carbocycles. The van der Waals surface area contributed by atoms with Crippen LogP contribution in [0.15, 0.2) is 18.3 Å². The third-order valence-corrected chi connectivity index (χ3v) is 3.72. The first-order valence-corrected chi connectivity index (χ1v) is 6.80. The molecule has 6 nitrogen and oxygen atoms in total. The Morgan fingerprint density at radius 2 is 2.12 bits per heavy atom. The average Bonchev–Trinajstić information content (AvgIpc) is 2.27. The molecule has 0 aliphatic carbocycles. The van der Waals surface area contributed by atoms with Crippen molar-refractivity contribution in [3.05, 3.63) is 18.3 Å². The Balaban J connectivity index is 2.74. The monoisotopic (exact) mass is 258 g/mol. The van der Waals surface area contributed by atoms with E-state index in [1.807, 2.05) is 0 Å². The van der Waals surface area contributed by atoms with Crippen molar-refractivity contribution in [1.82, 2.24) is 4.98 Å². The van der Waals surface area contributed by atoms with E-state index in [1.165, 1.54) is 20.2 Å². The maximum Gasteiger partial charge on any atom is 0.242 e. The quantitative estimate of drug-likeness (QED) is 0.848. The minimum Gasteiger partial charge on any atom is -0.481 e. The molecule has 1 rings (SSSR count). The van der Waals surface area contributed by atoms with E-state index < -0.39 is 21.0 Å². The van der Waals surface area contributed by atoms with E-state index >= 15 is 0 Å². The van der Waals surface area contributed by atoms with Gasteiger partial charge in [-0.3, -0.25) is 4.79 Å². The van der Waals surface area contributed by atoms with Crippen LogP contribution in [0.1, 0.15) is 6.92 Å². The number of aromatic nitrogens is 1. The Kier molecular flexibility index (Phi) is 4.06. The van der Waals surface area contributed by atoms with E-state index in [2.05, 4.69) is 10.3 Å². The number of nitrogens with zero attached hydrogens (tertiary/aromatic N) is 1. The molecule has 1 atom stereocenters. The average molecular weight is 258 g/mol. The minimum absolute atomic E-state index is 0.416. The highest BCUT2D eigenvalue weighted by Gasteiger charge is 2.23. The summed E-state index contributed by atoms with van der Waals surface area (Å²) in [6.45, 7) is 1.33. The van der Waals surface area contributed by atoms with Crippen molar-refractivity contribution in [1.29, 1.82) is 0 Å². The summed E-state index contributed by atoms with van der Waals surface area (Å²) in [7, 11) is -1.91. The molecule has 0 fully saturated rings. The standard InChI is InChI=1S/C10H14N2O4S/c1-7(17(3,14)15)10(13)12-8-4-5-9(16-2)11-6-8/h4-7H,1-3H3,(H,12,13). The molecule has 1 amide bonds. The highest BCUT2D eigenvalue weighted by atomic mass is 32.2. The lowest BCUT2D eigenvalue weighted by Crippen LogP contribution is -2.31. The van der Waals surface area contributed by atoms with Crippen LogP contribution in [0.3, 0.4) is 0 Å². The number of hydrogen-bond donors (Lipinski definition) is 1. The summed E-state index contributed by atoms with van der Waals surface area (Å²) in [5, 5.41) is 1.37. The molecule has 0 aliphatic rings. The Bertz CT molecular complexity index is 496. The zero-order chi connectivity index (χ0) is 13.1. The normalized spacial score (nSPS) is 12.9. The second-order valence-corrected chi connectivity index (χ2v) is 5.92. The molecule has 0 saturated heterocycles.